The molecule has 0 saturated heterocycles. The van der Waals surface area contributed by atoms with Crippen molar-refractivity contribution in [3.63, 3.8) is 0 Å². The number of hydrogen-bond donors (Lipinski definition) is 0. The Kier molecular flexibility index (Phi) is 3.38. The second-order valence-electron chi connectivity index (χ2n) is 5.06. The van der Waals surface area contributed by atoms with Gasteiger partial charge < -0.3 is 9.42 Å². The maximum absolute atomic E-state index is 12.3. The van der Waals surface area contributed by atoms with Crippen molar-refractivity contribution >= 4 is 27.5 Å². The first-order valence-corrected chi connectivity index (χ1v) is 7.36. The number of benzene rings is 1. The maximum atomic E-state index is 12.3. The molecule has 1 aromatic heterocycles. The highest BCUT2D eigenvalue weighted by molar-refractivity contribution is 9.10. The zero-order chi connectivity index (χ0) is 14.3. The Morgan fingerprint density at radius 3 is 2.85 bits per heavy atom. The smallest absolute Gasteiger partial charge is 0.227 e. The minimum Gasteiger partial charge on any atom is -0.361 e. The van der Waals surface area contributed by atoms with Crippen LogP contribution in [0.15, 0.2) is 27.2 Å². The highest BCUT2D eigenvalue weighted by Crippen LogP contribution is 2.32. The van der Waals surface area contributed by atoms with Crippen molar-refractivity contribution in [3.05, 3.63) is 45.3 Å². The fourth-order valence-corrected chi connectivity index (χ4v) is 3.00. The van der Waals surface area contributed by atoms with E-state index >= 15 is 0 Å². The van der Waals surface area contributed by atoms with Crippen molar-refractivity contribution in [2.24, 2.45) is 0 Å². The molecule has 4 nitrogen and oxygen atoms in total. The van der Waals surface area contributed by atoms with Gasteiger partial charge in [-0.1, -0.05) is 21.1 Å². The van der Waals surface area contributed by atoms with Crippen LogP contribution in [0.4, 0.5) is 5.69 Å². The molecule has 0 spiro atoms. The van der Waals surface area contributed by atoms with Crippen LogP contribution in [-0.2, 0) is 17.8 Å². The molecule has 2 heterocycles. The number of hydrogen-bond acceptors (Lipinski definition) is 3. The lowest BCUT2D eigenvalue weighted by molar-refractivity contribution is -0.119. The minimum absolute atomic E-state index is 0.153. The average molecular weight is 335 g/mol. The zero-order valence-electron chi connectivity index (χ0n) is 11.4. The molecule has 0 fully saturated rings. The summed E-state index contributed by atoms with van der Waals surface area (Å²) in [5, 5.41) is 3.96. The van der Waals surface area contributed by atoms with Crippen molar-refractivity contribution in [1.82, 2.24) is 5.16 Å². The van der Waals surface area contributed by atoms with Gasteiger partial charge in [-0.3, -0.25) is 4.79 Å². The predicted octanol–water partition coefficient (Wildman–Crippen LogP) is 3.53. The van der Waals surface area contributed by atoms with E-state index in [9.17, 15) is 4.79 Å². The third-order valence-electron chi connectivity index (χ3n) is 3.74. The first-order valence-electron chi connectivity index (χ1n) is 6.57. The molecule has 0 bridgehead atoms. The second kappa shape index (κ2) is 5.05. The van der Waals surface area contributed by atoms with Crippen LogP contribution in [0.5, 0.6) is 0 Å². The van der Waals surface area contributed by atoms with Gasteiger partial charge in [0.1, 0.15) is 5.76 Å². The van der Waals surface area contributed by atoms with Gasteiger partial charge in [-0.05, 0) is 44.0 Å². The Hall–Kier alpha value is -1.62. The van der Waals surface area contributed by atoms with Crippen LogP contribution in [0.3, 0.4) is 0 Å². The first-order chi connectivity index (χ1) is 9.56. The summed E-state index contributed by atoms with van der Waals surface area (Å²) in [6.45, 7) is 4.31. The molecule has 5 heteroatoms. The summed E-state index contributed by atoms with van der Waals surface area (Å²) in [5.74, 6) is 0.930. The van der Waals surface area contributed by atoms with Crippen molar-refractivity contribution in [3.8, 4) is 0 Å². The number of carbonyl (C=O) groups is 1. The Morgan fingerprint density at radius 1 is 1.35 bits per heavy atom. The van der Waals surface area contributed by atoms with E-state index in [4.69, 9.17) is 4.52 Å². The molecule has 1 amide bonds. The molecule has 0 radical (unpaired) electrons. The quantitative estimate of drug-likeness (QED) is 0.843. The number of aryl methyl sites for hydroxylation is 3. The highest BCUT2D eigenvalue weighted by atomic mass is 79.9. The van der Waals surface area contributed by atoms with Crippen LogP contribution in [0, 0.1) is 13.8 Å². The molecule has 0 saturated carbocycles. The molecule has 1 aliphatic heterocycles. The summed E-state index contributed by atoms with van der Waals surface area (Å²) in [7, 11) is 0. The van der Waals surface area contributed by atoms with E-state index in [0.29, 0.717) is 13.0 Å². The van der Waals surface area contributed by atoms with Crippen LogP contribution in [-0.4, -0.2) is 11.1 Å². The van der Waals surface area contributed by atoms with Gasteiger partial charge >= 0.3 is 0 Å². The van der Waals surface area contributed by atoms with Crippen molar-refractivity contribution < 1.29 is 9.32 Å². The molecular formula is C15H15BrN2O2. The van der Waals surface area contributed by atoms with E-state index in [1.807, 2.05) is 30.9 Å². The lowest BCUT2D eigenvalue weighted by Crippen LogP contribution is -2.34. The van der Waals surface area contributed by atoms with Gasteiger partial charge in [-0.25, -0.2) is 0 Å². The third kappa shape index (κ3) is 2.26. The summed E-state index contributed by atoms with van der Waals surface area (Å²) in [5.41, 5.74) is 4.03. The number of carbonyl (C=O) groups excluding carboxylic acids is 1. The van der Waals surface area contributed by atoms with E-state index in [1.165, 1.54) is 5.56 Å². The number of amides is 1. The van der Waals surface area contributed by atoms with Crippen molar-refractivity contribution in [1.29, 1.82) is 0 Å². The monoisotopic (exact) mass is 334 g/mol. The number of anilines is 1. The molecule has 0 aliphatic carbocycles. The van der Waals surface area contributed by atoms with E-state index in [1.54, 1.807) is 0 Å². The van der Waals surface area contributed by atoms with Crippen molar-refractivity contribution in [2.75, 3.05) is 4.90 Å². The molecule has 20 heavy (non-hydrogen) atoms. The van der Waals surface area contributed by atoms with Crippen LogP contribution in [0.25, 0.3) is 0 Å². The van der Waals surface area contributed by atoms with Gasteiger partial charge in [-0.2, -0.15) is 0 Å². The largest absolute Gasteiger partial charge is 0.361 e. The molecule has 2 aromatic rings. The second-order valence-corrected chi connectivity index (χ2v) is 5.97. The molecule has 0 atom stereocenters. The minimum atomic E-state index is 0.153. The Morgan fingerprint density at radius 2 is 2.15 bits per heavy atom. The van der Waals surface area contributed by atoms with Gasteiger partial charge in [0.15, 0.2) is 0 Å². The Balaban J connectivity index is 1.99. The summed E-state index contributed by atoms with van der Waals surface area (Å²) in [6.07, 6.45) is 1.35. The Labute approximate surface area is 125 Å². The van der Waals surface area contributed by atoms with E-state index in [0.717, 1.165) is 33.6 Å². The molecule has 0 N–H and O–H groups in total. The van der Waals surface area contributed by atoms with Gasteiger partial charge in [0.25, 0.3) is 0 Å². The predicted molar refractivity (Wildman–Crippen MR) is 79.6 cm³/mol. The first kappa shape index (κ1) is 13.4. The fourth-order valence-electron chi connectivity index (χ4n) is 2.59. The normalized spacial score (nSPS) is 14.6. The van der Waals surface area contributed by atoms with E-state index in [-0.39, 0.29) is 5.91 Å². The van der Waals surface area contributed by atoms with E-state index < -0.39 is 0 Å². The molecule has 0 unspecified atom stereocenters. The number of rotatable bonds is 2. The average Bonchev–Trinajstić information content (AvgIpc) is 2.73. The van der Waals surface area contributed by atoms with Gasteiger partial charge in [0, 0.05) is 22.1 Å². The van der Waals surface area contributed by atoms with E-state index in [2.05, 4.69) is 27.2 Å². The lowest BCUT2D eigenvalue weighted by Gasteiger charge is -2.29. The maximum Gasteiger partial charge on any atom is 0.227 e. The lowest BCUT2D eigenvalue weighted by atomic mass is 10.0. The zero-order valence-corrected chi connectivity index (χ0v) is 13.0. The van der Waals surface area contributed by atoms with Gasteiger partial charge in [0.05, 0.1) is 12.2 Å². The number of fused-ring (bicyclic) bond motifs is 1. The van der Waals surface area contributed by atoms with Crippen LogP contribution in [0.1, 0.15) is 29.0 Å². The van der Waals surface area contributed by atoms with Crippen LogP contribution < -0.4 is 4.90 Å². The molecule has 1 aliphatic rings. The molecule has 104 valence electrons. The van der Waals surface area contributed by atoms with Crippen molar-refractivity contribution in [2.45, 2.75) is 33.2 Å². The fraction of sp³-hybridized carbons (Fsp3) is 0.333. The van der Waals surface area contributed by atoms with Crippen LogP contribution in [0.2, 0.25) is 0 Å². The summed E-state index contributed by atoms with van der Waals surface area (Å²) >= 11 is 3.48. The highest BCUT2D eigenvalue weighted by Gasteiger charge is 2.26. The van der Waals surface area contributed by atoms with Crippen LogP contribution >= 0.6 is 15.9 Å². The Bertz CT molecular complexity index is 659. The topological polar surface area (TPSA) is 46.3 Å². The summed E-state index contributed by atoms with van der Waals surface area (Å²) in [6, 6.07) is 6.05. The standard InChI is InChI=1S/C15H15BrN2O2/c1-9-13(10(2)20-17-9)8-18-14-5-4-12(16)7-11(14)3-6-15(18)19/h4-5,7H,3,6,8H2,1-2H3. The molecule has 1 aromatic carbocycles. The number of aromatic nitrogens is 1. The number of nitrogens with zero attached hydrogens (tertiary/aromatic N) is 2. The SMILES string of the molecule is Cc1noc(C)c1CN1C(=O)CCc2cc(Br)ccc21. The third-order valence-corrected chi connectivity index (χ3v) is 4.23. The molecule has 3 rings (SSSR count). The summed E-state index contributed by atoms with van der Waals surface area (Å²) in [4.78, 5) is 14.1. The molecular weight excluding hydrogens is 320 g/mol. The summed E-state index contributed by atoms with van der Waals surface area (Å²) < 4.78 is 6.23. The van der Waals surface area contributed by atoms with Gasteiger partial charge in [-0.15, -0.1) is 0 Å². The van der Waals surface area contributed by atoms with Gasteiger partial charge in [0.2, 0.25) is 5.91 Å². The number of halogens is 1.